The Morgan fingerprint density at radius 2 is 2.00 bits per heavy atom. The summed E-state index contributed by atoms with van der Waals surface area (Å²) in [6, 6.07) is 9.80. The number of hydrogen-bond donors (Lipinski definition) is 0. The van der Waals surface area contributed by atoms with Crippen LogP contribution in [0.3, 0.4) is 0 Å². The van der Waals surface area contributed by atoms with Gasteiger partial charge in [0.05, 0.1) is 0 Å². The van der Waals surface area contributed by atoms with E-state index in [0.29, 0.717) is 6.54 Å². The molecule has 0 aliphatic heterocycles. The number of aryl methyl sites for hydroxylation is 2. The smallest absolute Gasteiger partial charge is 0.303 e. The maximum atomic E-state index is 12.1. The summed E-state index contributed by atoms with van der Waals surface area (Å²) in [5.74, 6) is 0.257. The second-order valence-electron chi connectivity index (χ2n) is 5.45. The first-order valence-electron chi connectivity index (χ1n) is 7.01. The standard InChI is InChI=1S/C16H18N2O2/c1-17-10-9-15(19)18(16(17)20)11-13-7-4-6-12-5-2-3-8-14(12)13/h2-3,5,8-10,13H,4,6-7,11H2,1H3. The number of fused-ring (bicyclic) bond motifs is 1. The van der Waals surface area contributed by atoms with Crippen molar-refractivity contribution in [2.75, 3.05) is 0 Å². The molecule has 2 aromatic rings. The Balaban J connectivity index is 2.00. The fraction of sp³-hybridized carbons (Fsp3) is 0.375. The summed E-state index contributed by atoms with van der Waals surface area (Å²) in [7, 11) is 1.67. The highest BCUT2D eigenvalue weighted by Gasteiger charge is 2.21. The van der Waals surface area contributed by atoms with E-state index in [1.807, 2.05) is 6.07 Å². The number of rotatable bonds is 2. The van der Waals surface area contributed by atoms with Gasteiger partial charge in [0.15, 0.2) is 0 Å². The zero-order valence-electron chi connectivity index (χ0n) is 11.6. The van der Waals surface area contributed by atoms with Gasteiger partial charge in [-0.3, -0.25) is 9.36 Å². The quantitative estimate of drug-likeness (QED) is 0.833. The monoisotopic (exact) mass is 270 g/mol. The van der Waals surface area contributed by atoms with Crippen molar-refractivity contribution in [1.29, 1.82) is 0 Å². The maximum absolute atomic E-state index is 12.1. The third kappa shape index (κ3) is 2.22. The molecule has 3 rings (SSSR count). The van der Waals surface area contributed by atoms with Crippen molar-refractivity contribution in [3.63, 3.8) is 0 Å². The number of nitrogens with zero attached hydrogens (tertiary/aromatic N) is 2. The molecule has 0 fully saturated rings. The molecular weight excluding hydrogens is 252 g/mol. The van der Waals surface area contributed by atoms with Crippen molar-refractivity contribution < 1.29 is 0 Å². The lowest BCUT2D eigenvalue weighted by Gasteiger charge is -2.25. The Kier molecular flexibility index (Phi) is 3.30. The van der Waals surface area contributed by atoms with Crippen molar-refractivity contribution in [3.05, 3.63) is 68.5 Å². The van der Waals surface area contributed by atoms with E-state index in [1.54, 1.807) is 7.05 Å². The third-order valence-corrected chi connectivity index (χ3v) is 4.14. The van der Waals surface area contributed by atoms with E-state index in [-0.39, 0.29) is 17.2 Å². The van der Waals surface area contributed by atoms with Crippen LogP contribution in [0.1, 0.15) is 29.9 Å². The molecule has 1 aromatic carbocycles. The second kappa shape index (κ2) is 5.12. The highest BCUT2D eigenvalue weighted by molar-refractivity contribution is 5.32. The first-order valence-corrected chi connectivity index (χ1v) is 7.01. The molecule has 1 aliphatic carbocycles. The van der Waals surface area contributed by atoms with Crippen LogP contribution in [0, 0.1) is 0 Å². The molecule has 0 spiro atoms. The van der Waals surface area contributed by atoms with Crippen LogP contribution >= 0.6 is 0 Å². The molecule has 104 valence electrons. The molecule has 0 radical (unpaired) electrons. The molecule has 0 amide bonds. The Bertz CT molecular complexity index is 743. The molecule has 4 nitrogen and oxygen atoms in total. The van der Waals surface area contributed by atoms with Crippen LogP contribution in [0.5, 0.6) is 0 Å². The van der Waals surface area contributed by atoms with Crippen LogP contribution in [-0.2, 0) is 20.0 Å². The summed E-state index contributed by atoms with van der Waals surface area (Å²) in [5.41, 5.74) is 2.19. The molecule has 0 saturated carbocycles. The molecule has 4 heteroatoms. The average Bonchev–Trinajstić information content (AvgIpc) is 2.48. The van der Waals surface area contributed by atoms with Crippen molar-refractivity contribution in [3.8, 4) is 0 Å². The molecular formula is C16H18N2O2. The van der Waals surface area contributed by atoms with Gasteiger partial charge in [0.1, 0.15) is 0 Å². The summed E-state index contributed by atoms with van der Waals surface area (Å²) in [6.07, 6.45) is 4.76. The van der Waals surface area contributed by atoms with Crippen molar-refractivity contribution in [1.82, 2.24) is 9.13 Å². The molecule has 1 aromatic heterocycles. The van der Waals surface area contributed by atoms with Crippen LogP contribution in [0.2, 0.25) is 0 Å². The van der Waals surface area contributed by atoms with Crippen molar-refractivity contribution in [2.45, 2.75) is 31.7 Å². The molecule has 0 saturated heterocycles. The minimum absolute atomic E-state index is 0.212. The molecule has 1 aliphatic rings. The molecule has 1 atom stereocenters. The van der Waals surface area contributed by atoms with Gasteiger partial charge in [-0.05, 0) is 30.4 Å². The van der Waals surface area contributed by atoms with E-state index in [2.05, 4.69) is 18.2 Å². The largest absolute Gasteiger partial charge is 0.330 e. The molecule has 1 heterocycles. The van der Waals surface area contributed by atoms with Crippen LogP contribution < -0.4 is 11.2 Å². The zero-order chi connectivity index (χ0) is 14.1. The maximum Gasteiger partial charge on any atom is 0.330 e. The topological polar surface area (TPSA) is 44.0 Å². The summed E-state index contributed by atoms with van der Waals surface area (Å²) >= 11 is 0. The van der Waals surface area contributed by atoms with Gasteiger partial charge >= 0.3 is 5.69 Å². The van der Waals surface area contributed by atoms with Crippen molar-refractivity contribution >= 4 is 0 Å². The fourth-order valence-electron chi connectivity index (χ4n) is 3.05. The van der Waals surface area contributed by atoms with Gasteiger partial charge < -0.3 is 4.57 Å². The van der Waals surface area contributed by atoms with E-state index in [9.17, 15) is 9.59 Å². The highest BCUT2D eigenvalue weighted by Crippen LogP contribution is 2.31. The summed E-state index contributed by atoms with van der Waals surface area (Å²) in [4.78, 5) is 24.0. The van der Waals surface area contributed by atoms with Crippen LogP contribution in [0.4, 0.5) is 0 Å². The summed E-state index contributed by atoms with van der Waals surface area (Å²) in [5, 5.41) is 0. The van der Waals surface area contributed by atoms with Gasteiger partial charge in [-0.25, -0.2) is 4.79 Å². The SMILES string of the molecule is Cn1ccc(=O)n(CC2CCCc3ccccc32)c1=O. The van der Waals surface area contributed by atoms with Crippen LogP contribution in [0.15, 0.2) is 46.1 Å². The molecule has 0 bridgehead atoms. The predicted octanol–water partition coefficient (Wildman–Crippen LogP) is 1.67. The van der Waals surface area contributed by atoms with E-state index in [4.69, 9.17) is 0 Å². The summed E-state index contributed by atoms with van der Waals surface area (Å²) < 4.78 is 2.81. The fourth-order valence-corrected chi connectivity index (χ4v) is 3.05. The summed E-state index contributed by atoms with van der Waals surface area (Å²) in [6.45, 7) is 0.476. The Morgan fingerprint density at radius 1 is 1.20 bits per heavy atom. The minimum atomic E-state index is -0.236. The average molecular weight is 270 g/mol. The molecule has 0 N–H and O–H groups in total. The Morgan fingerprint density at radius 3 is 2.85 bits per heavy atom. The van der Waals surface area contributed by atoms with Gasteiger partial charge in [-0.1, -0.05) is 24.3 Å². The van der Waals surface area contributed by atoms with Crippen molar-refractivity contribution in [2.24, 2.45) is 7.05 Å². The van der Waals surface area contributed by atoms with Crippen LogP contribution in [-0.4, -0.2) is 9.13 Å². The van der Waals surface area contributed by atoms with Crippen LogP contribution in [0.25, 0.3) is 0 Å². The Hall–Kier alpha value is -2.10. The molecule has 1 unspecified atom stereocenters. The van der Waals surface area contributed by atoms with E-state index in [0.717, 1.165) is 19.3 Å². The number of benzene rings is 1. The first-order chi connectivity index (χ1) is 9.66. The zero-order valence-corrected chi connectivity index (χ0v) is 11.6. The first kappa shape index (κ1) is 12.9. The van der Waals surface area contributed by atoms with Gasteiger partial charge in [0.2, 0.25) is 0 Å². The highest BCUT2D eigenvalue weighted by atomic mass is 16.2. The third-order valence-electron chi connectivity index (χ3n) is 4.14. The van der Waals surface area contributed by atoms with Gasteiger partial charge in [0, 0.05) is 31.8 Å². The second-order valence-corrected chi connectivity index (χ2v) is 5.45. The Labute approximate surface area is 117 Å². The predicted molar refractivity (Wildman–Crippen MR) is 78.1 cm³/mol. The lowest BCUT2D eigenvalue weighted by atomic mass is 9.83. The normalized spacial score (nSPS) is 17.8. The van der Waals surface area contributed by atoms with Gasteiger partial charge in [-0.15, -0.1) is 0 Å². The lowest BCUT2D eigenvalue weighted by molar-refractivity contribution is 0.455. The number of aromatic nitrogens is 2. The van der Waals surface area contributed by atoms with Gasteiger partial charge in [0.25, 0.3) is 5.56 Å². The van der Waals surface area contributed by atoms with Gasteiger partial charge in [-0.2, -0.15) is 0 Å². The molecule has 20 heavy (non-hydrogen) atoms. The van der Waals surface area contributed by atoms with E-state index >= 15 is 0 Å². The van der Waals surface area contributed by atoms with E-state index in [1.165, 1.54) is 32.5 Å². The lowest BCUT2D eigenvalue weighted by Crippen LogP contribution is -2.39. The number of hydrogen-bond acceptors (Lipinski definition) is 2. The van der Waals surface area contributed by atoms with E-state index < -0.39 is 0 Å². The minimum Gasteiger partial charge on any atom is -0.303 e.